The molecule has 0 aromatic carbocycles. The molecular weight excluding hydrogens is 200 g/mol. The van der Waals surface area contributed by atoms with E-state index in [1.165, 1.54) is 0 Å². The van der Waals surface area contributed by atoms with Gasteiger partial charge in [0.1, 0.15) is 0 Å². The number of rotatable bonds is 7. The van der Waals surface area contributed by atoms with E-state index in [4.69, 9.17) is 5.73 Å². The van der Waals surface area contributed by atoms with Gasteiger partial charge in [-0.25, -0.2) is 0 Å². The fourth-order valence-electron chi connectivity index (χ4n) is 1.20. The van der Waals surface area contributed by atoms with Crippen LogP contribution in [-0.2, 0) is 15.6 Å². The van der Waals surface area contributed by atoms with Crippen LogP contribution in [0.2, 0.25) is 0 Å². The number of carbonyl (C=O) groups excluding carboxylic acids is 1. The van der Waals surface area contributed by atoms with Crippen molar-refractivity contribution < 1.29 is 9.00 Å². The number of hydrogen-bond donors (Lipinski definition) is 2. The van der Waals surface area contributed by atoms with Gasteiger partial charge in [-0.15, -0.1) is 0 Å². The van der Waals surface area contributed by atoms with E-state index >= 15 is 0 Å². The van der Waals surface area contributed by atoms with E-state index in [1.54, 1.807) is 6.26 Å². The summed E-state index contributed by atoms with van der Waals surface area (Å²) in [5.74, 6) is 0.536. The molecule has 0 bridgehead atoms. The third kappa shape index (κ3) is 6.10. The zero-order chi connectivity index (χ0) is 11.1. The minimum atomic E-state index is -0.758. The fraction of sp³-hybridized carbons (Fsp3) is 0.889. The van der Waals surface area contributed by atoms with Crippen LogP contribution < -0.4 is 11.1 Å². The number of nitrogens with two attached hydrogens (primary N) is 1. The van der Waals surface area contributed by atoms with Gasteiger partial charge in [0.2, 0.25) is 5.91 Å². The zero-order valence-corrected chi connectivity index (χ0v) is 9.89. The van der Waals surface area contributed by atoms with Crippen LogP contribution in [0.25, 0.3) is 0 Å². The molecule has 0 fully saturated rings. The van der Waals surface area contributed by atoms with Crippen LogP contribution in [0.1, 0.15) is 20.3 Å². The van der Waals surface area contributed by atoms with Crippen LogP contribution in [0.5, 0.6) is 0 Å². The molecule has 0 aliphatic rings. The minimum absolute atomic E-state index is 0.194. The molecule has 84 valence electrons. The van der Waals surface area contributed by atoms with Crippen molar-refractivity contribution in [1.82, 2.24) is 5.32 Å². The average molecular weight is 220 g/mol. The highest BCUT2D eigenvalue weighted by atomic mass is 32.2. The molecule has 0 aromatic rings. The molecule has 0 heterocycles. The van der Waals surface area contributed by atoms with Crippen molar-refractivity contribution in [2.45, 2.75) is 26.3 Å². The van der Waals surface area contributed by atoms with Gasteiger partial charge < -0.3 is 11.1 Å². The van der Waals surface area contributed by atoms with Crippen molar-refractivity contribution in [3.8, 4) is 0 Å². The Labute approximate surface area is 88.1 Å². The Kier molecular flexibility index (Phi) is 6.74. The number of primary amides is 1. The molecule has 0 spiro atoms. The SMILES string of the molecule is CC(C)C(NCCCS(C)=O)C(N)=O. The third-order valence-electron chi connectivity index (χ3n) is 1.95. The van der Waals surface area contributed by atoms with Gasteiger partial charge in [-0.2, -0.15) is 0 Å². The van der Waals surface area contributed by atoms with E-state index in [2.05, 4.69) is 5.32 Å². The number of hydrogen-bond acceptors (Lipinski definition) is 3. The number of amides is 1. The van der Waals surface area contributed by atoms with Gasteiger partial charge in [0.15, 0.2) is 0 Å². The lowest BCUT2D eigenvalue weighted by molar-refractivity contribution is -0.120. The summed E-state index contributed by atoms with van der Waals surface area (Å²) in [7, 11) is -0.758. The maximum Gasteiger partial charge on any atom is 0.234 e. The minimum Gasteiger partial charge on any atom is -0.368 e. The molecule has 2 unspecified atom stereocenters. The second-order valence-electron chi connectivity index (χ2n) is 3.71. The maximum absolute atomic E-state index is 11.0. The van der Waals surface area contributed by atoms with Crippen LogP contribution >= 0.6 is 0 Å². The van der Waals surface area contributed by atoms with Crippen molar-refractivity contribution in [3.05, 3.63) is 0 Å². The van der Waals surface area contributed by atoms with Crippen LogP contribution in [0.3, 0.4) is 0 Å². The van der Waals surface area contributed by atoms with E-state index in [0.717, 1.165) is 6.42 Å². The van der Waals surface area contributed by atoms with Gasteiger partial charge in [-0.05, 0) is 18.9 Å². The molecule has 4 nitrogen and oxygen atoms in total. The van der Waals surface area contributed by atoms with Crippen molar-refractivity contribution in [3.63, 3.8) is 0 Å². The predicted molar refractivity (Wildman–Crippen MR) is 59.4 cm³/mol. The van der Waals surface area contributed by atoms with Gasteiger partial charge in [0.05, 0.1) is 6.04 Å². The summed E-state index contributed by atoms with van der Waals surface area (Å²) in [4.78, 5) is 11.0. The first kappa shape index (κ1) is 13.6. The normalized spacial score (nSPS) is 15.4. The van der Waals surface area contributed by atoms with E-state index in [-0.39, 0.29) is 17.9 Å². The van der Waals surface area contributed by atoms with Crippen molar-refractivity contribution in [1.29, 1.82) is 0 Å². The highest BCUT2D eigenvalue weighted by Gasteiger charge is 2.17. The van der Waals surface area contributed by atoms with Gasteiger partial charge in [0.25, 0.3) is 0 Å². The van der Waals surface area contributed by atoms with E-state index < -0.39 is 10.8 Å². The first-order chi connectivity index (χ1) is 6.45. The summed E-state index contributed by atoms with van der Waals surface area (Å²) in [6.07, 6.45) is 2.48. The quantitative estimate of drug-likeness (QED) is 0.586. The Hall–Kier alpha value is -0.420. The molecule has 0 radical (unpaired) electrons. The van der Waals surface area contributed by atoms with Crippen molar-refractivity contribution >= 4 is 16.7 Å². The average Bonchev–Trinajstić information content (AvgIpc) is 2.01. The number of carbonyl (C=O) groups is 1. The van der Waals surface area contributed by atoms with E-state index in [0.29, 0.717) is 12.3 Å². The molecule has 0 aliphatic heterocycles. The monoisotopic (exact) mass is 220 g/mol. The molecule has 0 aromatic heterocycles. The van der Waals surface area contributed by atoms with Gasteiger partial charge in [-0.3, -0.25) is 9.00 Å². The molecule has 3 N–H and O–H groups in total. The fourth-order valence-corrected chi connectivity index (χ4v) is 1.75. The predicted octanol–water partition coefficient (Wildman–Crippen LogP) is -0.145. The summed E-state index contributed by atoms with van der Waals surface area (Å²) in [6.45, 7) is 4.58. The lowest BCUT2D eigenvalue weighted by atomic mass is 10.0. The van der Waals surface area contributed by atoms with Crippen molar-refractivity contribution in [2.75, 3.05) is 18.6 Å². The highest BCUT2D eigenvalue weighted by molar-refractivity contribution is 7.84. The Bertz CT molecular complexity index is 207. The molecule has 1 amide bonds. The smallest absolute Gasteiger partial charge is 0.234 e. The Morgan fingerprint density at radius 2 is 2.07 bits per heavy atom. The van der Waals surface area contributed by atoms with Gasteiger partial charge in [0, 0.05) is 22.8 Å². The first-order valence-corrected chi connectivity index (χ1v) is 6.50. The molecule has 14 heavy (non-hydrogen) atoms. The highest BCUT2D eigenvalue weighted by Crippen LogP contribution is 2.00. The lowest BCUT2D eigenvalue weighted by Crippen LogP contribution is -2.45. The molecular formula is C9H20N2O2S. The second kappa shape index (κ2) is 6.95. The molecule has 0 saturated heterocycles. The summed E-state index contributed by atoms with van der Waals surface area (Å²) in [5.41, 5.74) is 5.22. The molecule has 0 rings (SSSR count). The first-order valence-electron chi connectivity index (χ1n) is 4.78. The molecule has 0 aliphatic carbocycles. The number of nitrogens with one attached hydrogen (secondary N) is 1. The lowest BCUT2D eigenvalue weighted by Gasteiger charge is -2.18. The standard InChI is InChI=1S/C9H20N2O2S/c1-7(2)8(9(10)12)11-5-4-6-14(3)13/h7-8,11H,4-6H2,1-3H3,(H2,10,12). The topological polar surface area (TPSA) is 72.2 Å². The summed E-state index contributed by atoms with van der Waals surface area (Å²) in [5, 5.41) is 3.06. The zero-order valence-electron chi connectivity index (χ0n) is 9.08. The van der Waals surface area contributed by atoms with Crippen LogP contribution in [0.4, 0.5) is 0 Å². The van der Waals surface area contributed by atoms with Gasteiger partial charge >= 0.3 is 0 Å². The summed E-state index contributed by atoms with van der Waals surface area (Å²) < 4.78 is 10.7. The Morgan fingerprint density at radius 3 is 2.43 bits per heavy atom. The Morgan fingerprint density at radius 1 is 1.50 bits per heavy atom. The van der Waals surface area contributed by atoms with Gasteiger partial charge in [-0.1, -0.05) is 13.8 Å². The maximum atomic E-state index is 11.0. The Balaban J connectivity index is 3.73. The largest absolute Gasteiger partial charge is 0.368 e. The molecule has 0 saturated carbocycles. The van der Waals surface area contributed by atoms with Crippen LogP contribution in [-0.4, -0.2) is 34.7 Å². The second-order valence-corrected chi connectivity index (χ2v) is 5.26. The summed E-state index contributed by atoms with van der Waals surface area (Å²) >= 11 is 0. The summed E-state index contributed by atoms with van der Waals surface area (Å²) in [6, 6.07) is -0.278. The van der Waals surface area contributed by atoms with Crippen molar-refractivity contribution in [2.24, 2.45) is 11.7 Å². The molecule has 5 heteroatoms. The molecule has 2 atom stereocenters. The van der Waals surface area contributed by atoms with Crippen LogP contribution in [0.15, 0.2) is 0 Å². The third-order valence-corrected chi connectivity index (χ3v) is 2.81. The van der Waals surface area contributed by atoms with Crippen LogP contribution in [0, 0.1) is 5.92 Å². The van der Waals surface area contributed by atoms with E-state index in [9.17, 15) is 9.00 Å². The van der Waals surface area contributed by atoms with E-state index in [1.807, 2.05) is 13.8 Å².